The van der Waals surface area contributed by atoms with Gasteiger partial charge in [0.2, 0.25) is 0 Å². The molecule has 6 aliphatic carbocycles. The van der Waals surface area contributed by atoms with Crippen molar-refractivity contribution in [1.29, 1.82) is 0 Å². The molecular formula is C37H41N. The van der Waals surface area contributed by atoms with Crippen molar-refractivity contribution in [3.05, 3.63) is 143 Å². The number of allylic oxidation sites excluding steroid dienone is 21. The Bertz CT molecular complexity index is 1310. The third-order valence-corrected chi connectivity index (χ3v) is 8.86. The topological polar surface area (TPSA) is 3.24 Å². The molecule has 194 valence electrons. The zero-order valence-electron chi connectivity index (χ0n) is 22.9. The monoisotopic (exact) mass is 499 g/mol. The lowest BCUT2D eigenvalue weighted by molar-refractivity contribution is 0.352. The molecule has 0 aromatic rings. The van der Waals surface area contributed by atoms with E-state index in [9.17, 15) is 0 Å². The van der Waals surface area contributed by atoms with Crippen LogP contribution in [-0.2, 0) is 0 Å². The Kier molecular flexibility index (Phi) is 7.63. The van der Waals surface area contributed by atoms with Crippen LogP contribution >= 0.6 is 0 Å². The highest BCUT2D eigenvalue weighted by atomic mass is 15.2. The third-order valence-electron chi connectivity index (χ3n) is 8.86. The quantitative estimate of drug-likeness (QED) is 0.351. The van der Waals surface area contributed by atoms with Gasteiger partial charge in [-0.1, -0.05) is 96.7 Å². The number of rotatable bonds is 6. The van der Waals surface area contributed by atoms with Crippen molar-refractivity contribution in [2.45, 2.75) is 70.8 Å². The molecule has 0 spiro atoms. The highest BCUT2D eigenvalue weighted by Gasteiger charge is 2.27. The van der Waals surface area contributed by atoms with Crippen LogP contribution < -0.4 is 0 Å². The molecule has 0 amide bonds. The number of hydrogen-bond donors (Lipinski definition) is 0. The molecular weight excluding hydrogens is 458 g/mol. The third kappa shape index (κ3) is 5.58. The molecule has 1 heteroatoms. The maximum Gasteiger partial charge on any atom is 0.0556 e. The molecule has 6 aliphatic rings. The smallest absolute Gasteiger partial charge is 0.0556 e. The van der Waals surface area contributed by atoms with Gasteiger partial charge in [0.1, 0.15) is 0 Å². The summed E-state index contributed by atoms with van der Waals surface area (Å²) in [4.78, 5) is 2.64. The summed E-state index contributed by atoms with van der Waals surface area (Å²) in [6.07, 6.45) is 50.5. The van der Waals surface area contributed by atoms with Gasteiger partial charge < -0.3 is 4.90 Å². The van der Waals surface area contributed by atoms with Crippen LogP contribution in [0.2, 0.25) is 0 Å². The van der Waals surface area contributed by atoms with Crippen LogP contribution in [0.1, 0.15) is 64.7 Å². The molecule has 0 aromatic heterocycles. The zero-order chi connectivity index (χ0) is 25.7. The van der Waals surface area contributed by atoms with E-state index in [1.54, 1.807) is 0 Å². The van der Waals surface area contributed by atoms with E-state index in [1.165, 1.54) is 64.9 Å². The summed E-state index contributed by atoms with van der Waals surface area (Å²) in [6.45, 7) is 2.24. The van der Waals surface area contributed by atoms with Gasteiger partial charge in [-0.25, -0.2) is 0 Å². The van der Waals surface area contributed by atoms with Gasteiger partial charge >= 0.3 is 0 Å². The summed E-state index contributed by atoms with van der Waals surface area (Å²) in [7, 11) is 0. The Balaban J connectivity index is 1.24. The first-order valence-electron chi connectivity index (χ1n) is 14.8. The molecule has 0 N–H and O–H groups in total. The Hall–Kier alpha value is -3.32. The Morgan fingerprint density at radius 2 is 1.47 bits per heavy atom. The fraction of sp³-hybridized carbons (Fsp3) is 0.351. The summed E-state index contributed by atoms with van der Waals surface area (Å²) in [5.41, 5.74) is 10.3. The maximum atomic E-state index is 2.64. The molecule has 0 radical (unpaired) electrons. The second kappa shape index (κ2) is 11.6. The molecule has 0 aromatic carbocycles. The molecule has 0 aliphatic heterocycles. The van der Waals surface area contributed by atoms with Crippen molar-refractivity contribution < 1.29 is 0 Å². The Morgan fingerprint density at radius 1 is 0.632 bits per heavy atom. The van der Waals surface area contributed by atoms with Crippen molar-refractivity contribution in [2.24, 2.45) is 11.8 Å². The van der Waals surface area contributed by atoms with E-state index < -0.39 is 0 Å². The predicted molar refractivity (Wildman–Crippen MR) is 162 cm³/mol. The minimum atomic E-state index is 0.365. The molecule has 6 rings (SSSR count). The normalized spacial score (nSPS) is 28.6. The molecule has 0 heterocycles. The van der Waals surface area contributed by atoms with Gasteiger partial charge in [-0.2, -0.15) is 0 Å². The van der Waals surface area contributed by atoms with Crippen molar-refractivity contribution >= 4 is 0 Å². The summed E-state index contributed by atoms with van der Waals surface area (Å²) in [5, 5.41) is 0. The highest BCUT2D eigenvalue weighted by Crippen LogP contribution is 2.37. The lowest BCUT2D eigenvalue weighted by atomic mass is 9.85. The lowest BCUT2D eigenvalue weighted by Gasteiger charge is -2.38. The van der Waals surface area contributed by atoms with Gasteiger partial charge in [-0.15, -0.1) is 0 Å². The summed E-state index contributed by atoms with van der Waals surface area (Å²) in [5.74, 6) is 1.04. The summed E-state index contributed by atoms with van der Waals surface area (Å²) in [6, 6.07) is 0.365. The second-order valence-corrected chi connectivity index (χ2v) is 11.5. The van der Waals surface area contributed by atoms with E-state index in [0.717, 1.165) is 32.1 Å². The van der Waals surface area contributed by atoms with Gasteiger partial charge in [0.05, 0.1) is 6.04 Å². The molecule has 3 unspecified atom stereocenters. The standard InChI is InChI=1S/C37H41N/c1-28-12-14-31(15-13-28)34-20-26-37(27-21-34)38(35-22-16-32(17-23-35)29-8-4-2-5-9-29)36-24-18-33(19-25-36)30-10-6-3-7-11-30/h2,4-6,8,10-12,14,16-18,20,22,24-26,29,33,35H,3,7,9,13,15,19,21,23,27H2,1H3. The largest absolute Gasteiger partial charge is 0.338 e. The van der Waals surface area contributed by atoms with Crippen LogP contribution in [-0.4, -0.2) is 10.9 Å². The average Bonchev–Trinajstić information content (AvgIpc) is 3.00. The summed E-state index contributed by atoms with van der Waals surface area (Å²) < 4.78 is 0. The van der Waals surface area contributed by atoms with Crippen LogP contribution in [0.25, 0.3) is 0 Å². The van der Waals surface area contributed by atoms with Crippen LogP contribution in [0.4, 0.5) is 0 Å². The van der Waals surface area contributed by atoms with E-state index >= 15 is 0 Å². The Morgan fingerprint density at radius 3 is 2.11 bits per heavy atom. The van der Waals surface area contributed by atoms with Gasteiger partial charge in [0.15, 0.2) is 0 Å². The molecule has 0 saturated carbocycles. The van der Waals surface area contributed by atoms with E-state index in [-0.39, 0.29) is 0 Å². The summed E-state index contributed by atoms with van der Waals surface area (Å²) >= 11 is 0. The predicted octanol–water partition coefficient (Wildman–Crippen LogP) is 9.68. The second-order valence-electron chi connectivity index (χ2n) is 11.5. The van der Waals surface area contributed by atoms with E-state index in [1.807, 2.05) is 0 Å². The van der Waals surface area contributed by atoms with E-state index in [0.29, 0.717) is 17.9 Å². The average molecular weight is 500 g/mol. The first-order chi connectivity index (χ1) is 18.7. The fourth-order valence-corrected chi connectivity index (χ4v) is 6.54. The number of nitrogens with zero attached hydrogens (tertiary/aromatic N) is 1. The Labute approximate surface area is 229 Å². The van der Waals surface area contributed by atoms with Crippen LogP contribution in [0.15, 0.2) is 143 Å². The van der Waals surface area contributed by atoms with Crippen LogP contribution in [0, 0.1) is 11.8 Å². The molecule has 0 bridgehead atoms. The van der Waals surface area contributed by atoms with E-state index in [4.69, 9.17) is 0 Å². The maximum absolute atomic E-state index is 2.64. The van der Waals surface area contributed by atoms with Crippen molar-refractivity contribution in [1.82, 2.24) is 4.90 Å². The van der Waals surface area contributed by atoms with Crippen LogP contribution in [0.3, 0.4) is 0 Å². The SMILES string of the molecule is CC1=CC=C(C2=CC=C(N(C3=CCC(C4=CCCC=C4)C=C3)C3C=CC(C4C=CC=CC4)=CC3)CC2)CC1. The molecule has 1 nitrogen and oxygen atoms in total. The highest BCUT2D eigenvalue weighted by molar-refractivity contribution is 5.44. The first-order valence-corrected chi connectivity index (χ1v) is 14.8. The van der Waals surface area contributed by atoms with Gasteiger partial charge in [0, 0.05) is 23.2 Å². The van der Waals surface area contributed by atoms with Crippen molar-refractivity contribution in [3.63, 3.8) is 0 Å². The minimum absolute atomic E-state index is 0.365. The van der Waals surface area contributed by atoms with Crippen molar-refractivity contribution in [3.8, 4) is 0 Å². The zero-order valence-corrected chi connectivity index (χ0v) is 22.9. The van der Waals surface area contributed by atoms with Gasteiger partial charge in [0.25, 0.3) is 0 Å². The fourth-order valence-electron chi connectivity index (χ4n) is 6.54. The van der Waals surface area contributed by atoms with Gasteiger partial charge in [-0.05, 0) is 99.2 Å². The molecule has 0 saturated heterocycles. The minimum Gasteiger partial charge on any atom is -0.338 e. The molecule has 0 fully saturated rings. The van der Waals surface area contributed by atoms with Gasteiger partial charge in [-0.3, -0.25) is 0 Å². The molecule has 3 atom stereocenters. The van der Waals surface area contributed by atoms with Crippen LogP contribution in [0.5, 0.6) is 0 Å². The van der Waals surface area contributed by atoms with E-state index in [2.05, 4.69) is 115 Å². The number of hydrogen-bond acceptors (Lipinski definition) is 1. The van der Waals surface area contributed by atoms with Crippen molar-refractivity contribution in [2.75, 3.05) is 0 Å². The lowest BCUT2D eigenvalue weighted by Crippen LogP contribution is -2.34. The molecule has 38 heavy (non-hydrogen) atoms. The first kappa shape index (κ1) is 25.0.